The van der Waals surface area contributed by atoms with Crippen LogP contribution in [-0.4, -0.2) is 41.3 Å². The first-order valence-electron chi connectivity index (χ1n) is 11.5. The van der Waals surface area contributed by atoms with Gasteiger partial charge in [-0.05, 0) is 37.5 Å². The van der Waals surface area contributed by atoms with Crippen LogP contribution in [0, 0.1) is 6.92 Å². The molecule has 6 nitrogen and oxygen atoms in total. The van der Waals surface area contributed by atoms with Crippen molar-refractivity contribution in [3.05, 3.63) is 46.8 Å². The molecule has 0 saturated heterocycles. The Morgan fingerprint density at radius 1 is 1.25 bits per heavy atom. The van der Waals surface area contributed by atoms with Gasteiger partial charge in [0.05, 0.1) is 24.4 Å². The molecular formula is C26H34N4O2. The van der Waals surface area contributed by atoms with Crippen molar-refractivity contribution in [2.45, 2.75) is 65.2 Å². The Morgan fingerprint density at radius 2 is 2.00 bits per heavy atom. The molecular weight excluding hydrogens is 400 g/mol. The van der Waals surface area contributed by atoms with Crippen LogP contribution in [0.2, 0.25) is 0 Å². The highest BCUT2D eigenvalue weighted by Gasteiger charge is 2.30. The van der Waals surface area contributed by atoms with Crippen molar-refractivity contribution in [1.29, 1.82) is 0 Å². The fraction of sp³-hybridized carbons (Fsp3) is 0.500. The van der Waals surface area contributed by atoms with E-state index in [1.54, 1.807) is 0 Å². The van der Waals surface area contributed by atoms with Crippen molar-refractivity contribution in [2.24, 2.45) is 0 Å². The third-order valence-electron chi connectivity index (χ3n) is 6.49. The lowest BCUT2D eigenvalue weighted by atomic mass is 9.89. The van der Waals surface area contributed by atoms with E-state index in [4.69, 9.17) is 14.8 Å². The number of esters is 1. The van der Waals surface area contributed by atoms with E-state index < -0.39 is 0 Å². The Morgan fingerprint density at radius 3 is 2.66 bits per heavy atom. The van der Waals surface area contributed by atoms with E-state index in [1.807, 2.05) is 11.4 Å². The largest absolute Gasteiger partial charge is 0.469 e. The van der Waals surface area contributed by atoms with Gasteiger partial charge in [-0.1, -0.05) is 40.2 Å². The average molecular weight is 435 g/mol. The van der Waals surface area contributed by atoms with Crippen LogP contribution in [0.25, 0.3) is 16.9 Å². The molecule has 1 aliphatic heterocycles. The van der Waals surface area contributed by atoms with Crippen LogP contribution in [0.5, 0.6) is 0 Å². The minimum absolute atomic E-state index is 0.106. The Labute approximate surface area is 190 Å². The van der Waals surface area contributed by atoms with Crippen LogP contribution in [-0.2, 0) is 21.4 Å². The van der Waals surface area contributed by atoms with Gasteiger partial charge in [-0.2, -0.15) is 5.10 Å². The average Bonchev–Trinajstić information content (AvgIpc) is 3.34. The molecule has 1 atom stereocenters. The van der Waals surface area contributed by atoms with Gasteiger partial charge in [-0.15, -0.1) is 0 Å². The number of aromatic nitrogens is 3. The first-order valence-corrected chi connectivity index (χ1v) is 11.5. The monoisotopic (exact) mass is 434 g/mol. The zero-order valence-corrected chi connectivity index (χ0v) is 20.3. The number of fused-ring (bicyclic) bond motifs is 2. The van der Waals surface area contributed by atoms with Crippen LogP contribution in [0.4, 0.5) is 5.69 Å². The molecule has 1 aromatic carbocycles. The molecule has 3 aromatic rings. The summed E-state index contributed by atoms with van der Waals surface area (Å²) in [5.74, 6) is -0.600. The number of nitrogens with zero attached hydrogens (tertiary/aromatic N) is 4. The summed E-state index contributed by atoms with van der Waals surface area (Å²) >= 11 is 0. The predicted molar refractivity (Wildman–Crippen MR) is 128 cm³/mol. The molecule has 0 amide bonds. The maximum absolute atomic E-state index is 12.9. The second kappa shape index (κ2) is 8.23. The molecule has 3 heterocycles. The molecule has 0 radical (unpaired) electrons. The number of carbonyl (C=O) groups excluding carboxylic acids is 1. The topological polar surface area (TPSA) is 59.7 Å². The summed E-state index contributed by atoms with van der Waals surface area (Å²) in [6.45, 7) is 11.6. The van der Waals surface area contributed by atoms with Gasteiger partial charge < -0.3 is 9.64 Å². The van der Waals surface area contributed by atoms with Crippen LogP contribution in [0.15, 0.2) is 24.3 Å². The molecule has 170 valence electrons. The third kappa shape index (κ3) is 3.76. The van der Waals surface area contributed by atoms with Crippen molar-refractivity contribution in [1.82, 2.24) is 14.6 Å². The number of rotatable bonds is 5. The van der Waals surface area contributed by atoms with E-state index in [2.05, 4.69) is 63.9 Å². The quantitative estimate of drug-likeness (QED) is 0.526. The number of anilines is 1. The molecule has 1 aliphatic rings. The minimum atomic E-state index is -0.380. The summed E-state index contributed by atoms with van der Waals surface area (Å²) in [5.41, 5.74) is 8.07. The van der Waals surface area contributed by atoms with Crippen molar-refractivity contribution in [3.8, 4) is 11.3 Å². The summed E-state index contributed by atoms with van der Waals surface area (Å²) in [7, 11) is 3.59. The van der Waals surface area contributed by atoms with Crippen molar-refractivity contribution < 1.29 is 9.53 Å². The highest BCUT2D eigenvalue weighted by atomic mass is 16.5. The molecule has 32 heavy (non-hydrogen) atoms. The molecule has 0 spiro atoms. The molecule has 1 unspecified atom stereocenters. The standard InChI is InChI=1S/C26H34N4O2/c1-8-9-19(25(31)32-7)23-16(2)27-22-15-21(26(3,4)5)28-30(22)24(23)18-10-11-20-17(14-18)12-13-29(20)6/h10-11,14-15,19H,8-9,12-13H2,1-7H3. The lowest BCUT2D eigenvalue weighted by molar-refractivity contribution is -0.142. The minimum Gasteiger partial charge on any atom is -0.469 e. The van der Waals surface area contributed by atoms with E-state index in [1.165, 1.54) is 18.4 Å². The van der Waals surface area contributed by atoms with Gasteiger partial charge in [0.2, 0.25) is 0 Å². The molecule has 0 saturated carbocycles. The van der Waals surface area contributed by atoms with E-state index >= 15 is 0 Å². The van der Waals surface area contributed by atoms with Gasteiger partial charge in [0, 0.05) is 47.6 Å². The number of hydrogen-bond acceptors (Lipinski definition) is 5. The van der Waals surface area contributed by atoms with Crippen LogP contribution < -0.4 is 4.90 Å². The number of benzene rings is 1. The van der Waals surface area contributed by atoms with Gasteiger partial charge in [0.25, 0.3) is 0 Å². The summed E-state index contributed by atoms with van der Waals surface area (Å²) in [6.07, 6.45) is 2.59. The molecule has 0 fully saturated rings. The number of hydrogen-bond donors (Lipinski definition) is 0. The second-order valence-corrected chi connectivity index (χ2v) is 9.89. The van der Waals surface area contributed by atoms with Crippen molar-refractivity contribution in [2.75, 3.05) is 25.6 Å². The maximum Gasteiger partial charge on any atom is 0.313 e. The first-order chi connectivity index (χ1) is 15.2. The summed E-state index contributed by atoms with van der Waals surface area (Å²) in [4.78, 5) is 20.1. The summed E-state index contributed by atoms with van der Waals surface area (Å²) in [5, 5.41) is 4.99. The van der Waals surface area contributed by atoms with Gasteiger partial charge >= 0.3 is 5.97 Å². The summed E-state index contributed by atoms with van der Waals surface area (Å²) < 4.78 is 7.16. The lowest BCUT2D eigenvalue weighted by Crippen LogP contribution is -2.19. The maximum atomic E-state index is 12.9. The zero-order valence-electron chi connectivity index (χ0n) is 20.3. The SMILES string of the molecule is CCCC(C(=O)OC)c1c(C)nc2cc(C(C)(C)C)nn2c1-c1ccc2c(c1)CCN2C. The van der Waals surface area contributed by atoms with Crippen molar-refractivity contribution >= 4 is 17.3 Å². The number of methoxy groups -OCH3 is 1. The Hall–Kier alpha value is -2.89. The smallest absolute Gasteiger partial charge is 0.313 e. The van der Waals surface area contributed by atoms with Crippen LogP contribution in [0.3, 0.4) is 0 Å². The Kier molecular flexibility index (Phi) is 5.74. The Balaban J connectivity index is 2.04. The van der Waals surface area contributed by atoms with Gasteiger partial charge in [0.1, 0.15) is 0 Å². The fourth-order valence-electron chi connectivity index (χ4n) is 4.72. The molecule has 0 bridgehead atoms. The molecule has 0 N–H and O–H groups in total. The van der Waals surface area contributed by atoms with E-state index in [0.29, 0.717) is 6.42 Å². The highest BCUT2D eigenvalue weighted by molar-refractivity contribution is 5.83. The van der Waals surface area contributed by atoms with E-state index in [0.717, 1.165) is 53.2 Å². The zero-order chi connectivity index (χ0) is 23.2. The van der Waals surface area contributed by atoms with Gasteiger partial charge in [-0.25, -0.2) is 9.50 Å². The van der Waals surface area contributed by atoms with Gasteiger partial charge in [-0.3, -0.25) is 4.79 Å². The highest BCUT2D eigenvalue weighted by Crippen LogP contribution is 2.38. The van der Waals surface area contributed by atoms with Crippen molar-refractivity contribution in [3.63, 3.8) is 0 Å². The number of aryl methyl sites for hydroxylation is 1. The molecule has 6 heteroatoms. The van der Waals surface area contributed by atoms with Crippen LogP contribution in [0.1, 0.15) is 69.0 Å². The second-order valence-electron chi connectivity index (χ2n) is 9.89. The Bertz CT molecular complexity index is 1170. The first kappa shape index (κ1) is 22.3. The molecule has 2 aromatic heterocycles. The number of carbonyl (C=O) groups is 1. The van der Waals surface area contributed by atoms with Crippen LogP contribution >= 0.6 is 0 Å². The van der Waals surface area contributed by atoms with E-state index in [9.17, 15) is 4.79 Å². The fourth-order valence-corrected chi connectivity index (χ4v) is 4.72. The number of likely N-dealkylation sites (N-methyl/N-ethyl adjacent to an activating group) is 1. The molecule has 4 rings (SSSR count). The predicted octanol–water partition coefficient (Wildman–Crippen LogP) is 5.05. The summed E-state index contributed by atoms with van der Waals surface area (Å²) in [6, 6.07) is 8.66. The van der Waals surface area contributed by atoms with E-state index in [-0.39, 0.29) is 17.3 Å². The number of ether oxygens (including phenoxy) is 1. The normalized spacial score (nSPS) is 14.7. The third-order valence-corrected chi connectivity index (χ3v) is 6.49. The lowest BCUT2D eigenvalue weighted by Gasteiger charge is -2.22. The molecule has 0 aliphatic carbocycles. The van der Waals surface area contributed by atoms with Gasteiger partial charge in [0.15, 0.2) is 5.65 Å².